The summed E-state index contributed by atoms with van der Waals surface area (Å²) >= 11 is 1.28. The van der Waals surface area contributed by atoms with E-state index in [1.54, 1.807) is 41.8 Å². The Morgan fingerprint density at radius 3 is 2.32 bits per heavy atom. The van der Waals surface area contributed by atoms with E-state index in [-0.39, 0.29) is 17.7 Å². The van der Waals surface area contributed by atoms with Gasteiger partial charge >= 0.3 is 0 Å². The summed E-state index contributed by atoms with van der Waals surface area (Å²) in [5.74, 6) is -1.26. The average molecular weight is 359 g/mol. The summed E-state index contributed by atoms with van der Waals surface area (Å²) in [6.07, 6.45) is 0.700. The Bertz CT molecular complexity index is 716. The van der Waals surface area contributed by atoms with E-state index in [1.165, 1.54) is 11.3 Å². The molecule has 1 heterocycles. The number of amides is 3. The van der Waals surface area contributed by atoms with E-state index in [0.717, 1.165) is 0 Å². The molecule has 132 valence electrons. The Hall–Kier alpha value is -2.67. The molecular formula is C18H21N3O3S. The lowest BCUT2D eigenvalue weighted by Gasteiger charge is -2.23. The second kappa shape index (κ2) is 8.98. The monoisotopic (exact) mass is 359 g/mol. The Morgan fingerprint density at radius 1 is 1.00 bits per heavy atom. The van der Waals surface area contributed by atoms with Gasteiger partial charge in [-0.1, -0.05) is 44.5 Å². The number of rotatable bonds is 6. The molecule has 2 atom stereocenters. The molecule has 7 heteroatoms. The maximum atomic E-state index is 12.4. The molecule has 0 spiro atoms. The molecule has 0 fully saturated rings. The lowest BCUT2D eigenvalue weighted by molar-refractivity contribution is -0.124. The van der Waals surface area contributed by atoms with Gasteiger partial charge in [0, 0.05) is 5.56 Å². The quantitative estimate of drug-likeness (QED) is 0.692. The van der Waals surface area contributed by atoms with Crippen LogP contribution in [0.25, 0.3) is 0 Å². The second-order valence-electron chi connectivity index (χ2n) is 5.62. The molecule has 6 nitrogen and oxygen atoms in total. The van der Waals surface area contributed by atoms with Gasteiger partial charge in [-0.2, -0.15) is 0 Å². The molecule has 0 saturated carbocycles. The minimum Gasteiger partial charge on any atom is -0.340 e. The summed E-state index contributed by atoms with van der Waals surface area (Å²) in [5.41, 5.74) is 5.25. The number of benzene rings is 1. The molecule has 2 aromatic rings. The van der Waals surface area contributed by atoms with Crippen molar-refractivity contribution in [3.63, 3.8) is 0 Å². The molecule has 25 heavy (non-hydrogen) atoms. The Kier molecular flexibility index (Phi) is 6.71. The van der Waals surface area contributed by atoms with Crippen LogP contribution >= 0.6 is 11.3 Å². The fraction of sp³-hybridized carbons (Fsp3) is 0.278. The maximum Gasteiger partial charge on any atom is 0.279 e. The molecular weight excluding hydrogens is 338 g/mol. The first kappa shape index (κ1) is 18.7. The lowest BCUT2D eigenvalue weighted by Crippen LogP contribution is -2.54. The molecule has 0 radical (unpaired) electrons. The number of carbonyl (C=O) groups excluding carboxylic acids is 3. The van der Waals surface area contributed by atoms with Crippen molar-refractivity contribution >= 4 is 29.1 Å². The van der Waals surface area contributed by atoms with Crippen LogP contribution in [0.5, 0.6) is 0 Å². The number of nitrogens with one attached hydrogen (secondary N) is 3. The molecule has 0 unspecified atom stereocenters. The van der Waals surface area contributed by atoms with Gasteiger partial charge in [0.1, 0.15) is 6.04 Å². The Labute approximate surface area is 150 Å². The minimum absolute atomic E-state index is 0.0914. The number of hydrogen-bond donors (Lipinski definition) is 3. The highest BCUT2D eigenvalue weighted by Crippen LogP contribution is 2.10. The van der Waals surface area contributed by atoms with Gasteiger partial charge in [-0.15, -0.1) is 11.3 Å². The van der Waals surface area contributed by atoms with Crippen LogP contribution in [0.4, 0.5) is 0 Å². The molecule has 0 saturated heterocycles. The van der Waals surface area contributed by atoms with Crippen LogP contribution < -0.4 is 16.2 Å². The van der Waals surface area contributed by atoms with E-state index < -0.39 is 11.9 Å². The summed E-state index contributed by atoms with van der Waals surface area (Å²) in [5, 5.41) is 4.52. The van der Waals surface area contributed by atoms with Gasteiger partial charge in [-0.05, 0) is 29.5 Å². The van der Waals surface area contributed by atoms with Crippen LogP contribution in [0.3, 0.4) is 0 Å². The highest BCUT2D eigenvalue weighted by atomic mass is 32.1. The normalized spacial score (nSPS) is 12.7. The van der Waals surface area contributed by atoms with E-state index in [2.05, 4.69) is 16.2 Å². The zero-order chi connectivity index (χ0) is 18.2. The third kappa shape index (κ3) is 5.15. The molecule has 0 aliphatic heterocycles. The predicted octanol–water partition coefficient (Wildman–Crippen LogP) is 2.35. The van der Waals surface area contributed by atoms with Gasteiger partial charge < -0.3 is 5.32 Å². The van der Waals surface area contributed by atoms with Crippen molar-refractivity contribution in [1.82, 2.24) is 16.2 Å². The number of thiophene rings is 1. The van der Waals surface area contributed by atoms with Crippen molar-refractivity contribution in [3.05, 3.63) is 58.3 Å². The fourth-order valence-corrected chi connectivity index (χ4v) is 2.80. The van der Waals surface area contributed by atoms with Gasteiger partial charge in [-0.25, -0.2) is 0 Å². The zero-order valence-electron chi connectivity index (χ0n) is 14.1. The van der Waals surface area contributed by atoms with E-state index in [1.807, 2.05) is 19.9 Å². The van der Waals surface area contributed by atoms with Crippen molar-refractivity contribution in [2.45, 2.75) is 26.3 Å². The number of hydrogen-bond acceptors (Lipinski definition) is 4. The molecule has 0 aliphatic carbocycles. The summed E-state index contributed by atoms with van der Waals surface area (Å²) < 4.78 is 0. The molecule has 2 rings (SSSR count). The van der Waals surface area contributed by atoms with Crippen LogP contribution in [0.1, 0.15) is 40.3 Å². The largest absolute Gasteiger partial charge is 0.340 e. The van der Waals surface area contributed by atoms with Crippen molar-refractivity contribution < 1.29 is 14.4 Å². The third-order valence-electron chi connectivity index (χ3n) is 3.86. The van der Waals surface area contributed by atoms with Crippen molar-refractivity contribution in [2.24, 2.45) is 5.92 Å². The SMILES string of the molecule is CC[C@H](C)[C@H](NC(=O)c1ccccc1)C(=O)NNC(=O)c1cccs1. The fourth-order valence-electron chi connectivity index (χ4n) is 2.18. The van der Waals surface area contributed by atoms with Crippen LogP contribution in [0.15, 0.2) is 47.8 Å². The minimum atomic E-state index is -0.749. The first-order valence-corrected chi connectivity index (χ1v) is 8.90. The Morgan fingerprint density at radius 2 is 1.72 bits per heavy atom. The first-order valence-electron chi connectivity index (χ1n) is 8.02. The topological polar surface area (TPSA) is 87.3 Å². The summed E-state index contributed by atoms with van der Waals surface area (Å²) in [6.45, 7) is 3.81. The first-order chi connectivity index (χ1) is 12.0. The molecule has 1 aromatic carbocycles. The van der Waals surface area contributed by atoms with Gasteiger partial charge in [0.25, 0.3) is 17.7 Å². The Balaban J connectivity index is 2.00. The molecule has 3 N–H and O–H groups in total. The van der Waals surface area contributed by atoms with Crippen molar-refractivity contribution in [3.8, 4) is 0 Å². The standard InChI is InChI=1S/C18H21N3O3S/c1-3-12(2)15(19-16(22)13-8-5-4-6-9-13)18(24)21-20-17(23)14-10-7-11-25-14/h4-12,15H,3H2,1-2H3,(H,19,22)(H,20,23)(H,21,24)/t12-,15-/m0/s1. The van der Waals surface area contributed by atoms with E-state index in [0.29, 0.717) is 16.9 Å². The molecule has 1 aromatic heterocycles. The summed E-state index contributed by atoms with van der Waals surface area (Å²) in [6, 6.07) is 11.4. The number of carbonyl (C=O) groups is 3. The smallest absolute Gasteiger partial charge is 0.279 e. The number of hydrazine groups is 1. The van der Waals surface area contributed by atoms with Crippen molar-refractivity contribution in [1.29, 1.82) is 0 Å². The van der Waals surface area contributed by atoms with Gasteiger partial charge in [-0.3, -0.25) is 25.2 Å². The van der Waals surface area contributed by atoms with Crippen molar-refractivity contribution in [2.75, 3.05) is 0 Å². The van der Waals surface area contributed by atoms with Gasteiger partial charge in [0.15, 0.2) is 0 Å². The lowest BCUT2D eigenvalue weighted by atomic mass is 9.98. The van der Waals surface area contributed by atoms with Crippen LogP contribution in [0, 0.1) is 5.92 Å². The van der Waals surface area contributed by atoms with Crippen LogP contribution in [0.2, 0.25) is 0 Å². The second-order valence-corrected chi connectivity index (χ2v) is 6.57. The summed E-state index contributed by atoms with van der Waals surface area (Å²) in [7, 11) is 0. The molecule has 3 amide bonds. The van der Waals surface area contributed by atoms with Crippen LogP contribution in [-0.4, -0.2) is 23.8 Å². The molecule has 0 bridgehead atoms. The van der Waals surface area contributed by atoms with Gasteiger partial charge in [0.2, 0.25) is 0 Å². The maximum absolute atomic E-state index is 12.4. The predicted molar refractivity (Wildman–Crippen MR) is 97.1 cm³/mol. The third-order valence-corrected chi connectivity index (χ3v) is 4.73. The zero-order valence-corrected chi connectivity index (χ0v) is 14.9. The van der Waals surface area contributed by atoms with Gasteiger partial charge in [0.05, 0.1) is 4.88 Å². The van der Waals surface area contributed by atoms with Crippen LogP contribution in [-0.2, 0) is 4.79 Å². The van der Waals surface area contributed by atoms with E-state index in [9.17, 15) is 14.4 Å². The summed E-state index contributed by atoms with van der Waals surface area (Å²) in [4.78, 5) is 37.2. The molecule has 0 aliphatic rings. The average Bonchev–Trinajstić information content (AvgIpc) is 3.18. The highest BCUT2D eigenvalue weighted by Gasteiger charge is 2.26. The van der Waals surface area contributed by atoms with E-state index in [4.69, 9.17) is 0 Å². The van der Waals surface area contributed by atoms with E-state index >= 15 is 0 Å². The highest BCUT2D eigenvalue weighted by molar-refractivity contribution is 7.12.